The summed E-state index contributed by atoms with van der Waals surface area (Å²) < 4.78 is 0. The molecule has 0 aromatic carbocycles. The molecule has 1 aromatic heterocycles. The average Bonchev–Trinajstić information content (AvgIpc) is 2.25. The van der Waals surface area contributed by atoms with E-state index in [2.05, 4.69) is 10.3 Å². The van der Waals surface area contributed by atoms with E-state index in [1.54, 1.807) is 6.07 Å². The number of carboxylic acids is 1. The highest BCUT2D eigenvalue weighted by Gasteiger charge is 2.14. The van der Waals surface area contributed by atoms with Gasteiger partial charge in [-0.2, -0.15) is 0 Å². The number of rotatable bonds is 4. The molecular weight excluding hydrogens is 232 g/mol. The van der Waals surface area contributed by atoms with Crippen LogP contribution < -0.4 is 5.32 Å². The van der Waals surface area contributed by atoms with Crippen LogP contribution in [0.1, 0.15) is 17.3 Å². The van der Waals surface area contributed by atoms with Crippen molar-refractivity contribution in [2.75, 3.05) is 6.54 Å². The number of aromatic nitrogens is 1. The Morgan fingerprint density at radius 1 is 1.62 bits per heavy atom. The molecule has 1 atom stereocenters. The van der Waals surface area contributed by atoms with Crippen molar-refractivity contribution in [2.45, 2.75) is 6.92 Å². The minimum Gasteiger partial charge on any atom is -0.481 e. The van der Waals surface area contributed by atoms with Crippen molar-refractivity contribution in [3.63, 3.8) is 0 Å². The average molecular weight is 243 g/mol. The monoisotopic (exact) mass is 242 g/mol. The van der Waals surface area contributed by atoms with Crippen LogP contribution in [-0.2, 0) is 4.79 Å². The Morgan fingerprint density at radius 3 is 2.88 bits per heavy atom. The molecule has 0 aliphatic carbocycles. The number of amides is 1. The van der Waals surface area contributed by atoms with Gasteiger partial charge < -0.3 is 10.4 Å². The number of aliphatic carboxylic acids is 1. The fourth-order valence-electron chi connectivity index (χ4n) is 0.984. The number of carbonyl (C=O) groups excluding carboxylic acids is 1. The molecule has 0 aliphatic rings. The molecule has 1 aromatic rings. The van der Waals surface area contributed by atoms with Gasteiger partial charge in [0.1, 0.15) is 5.15 Å². The molecule has 0 bridgehead atoms. The molecular formula is C10H11ClN2O3. The molecule has 0 aliphatic heterocycles. The normalized spacial score (nSPS) is 11.9. The van der Waals surface area contributed by atoms with Crippen LogP contribution in [0.2, 0.25) is 5.15 Å². The zero-order chi connectivity index (χ0) is 12.1. The van der Waals surface area contributed by atoms with E-state index >= 15 is 0 Å². The summed E-state index contributed by atoms with van der Waals surface area (Å²) >= 11 is 5.71. The van der Waals surface area contributed by atoms with Gasteiger partial charge in [-0.25, -0.2) is 4.98 Å². The molecule has 1 unspecified atom stereocenters. The first kappa shape index (κ1) is 12.4. The number of carbonyl (C=O) groups is 2. The quantitative estimate of drug-likeness (QED) is 0.778. The summed E-state index contributed by atoms with van der Waals surface area (Å²) in [6.45, 7) is 1.56. The number of hydrogen-bond acceptors (Lipinski definition) is 3. The highest BCUT2D eigenvalue weighted by molar-refractivity contribution is 6.32. The molecule has 0 saturated carbocycles. The molecule has 86 valence electrons. The SMILES string of the molecule is CC(CNC(=O)c1cccnc1Cl)C(=O)O. The molecule has 6 heteroatoms. The van der Waals surface area contributed by atoms with E-state index in [-0.39, 0.29) is 17.3 Å². The second-order valence-electron chi connectivity index (χ2n) is 3.29. The largest absolute Gasteiger partial charge is 0.481 e. The summed E-state index contributed by atoms with van der Waals surface area (Å²) in [5.74, 6) is -2.02. The fraction of sp³-hybridized carbons (Fsp3) is 0.300. The fourth-order valence-corrected chi connectivity index (χ4v) is 1.19. The summed E-state index contributed by atoms with van der Waals surface area (Å²) in [5.41, 5.74) is 0.238. The summed E-state index contributed by atoms with van der Waals surface area (Å²) in [7, 11) is 0. The Labute approximate surface area is 97.4 Å². The predicted molar refractivity (Wildman–Crippen MR) is 58.4 cm³/mol. The first-order valence-corrected chi connectivity index (χ1v) is 5.01. The van der Waals surface area contributed by atoms with Crippen LogP contribution in [-0.4, -0.2) is 28.5 Å². The van der Waals surface area contributed by atoms with E-state index in [0.717, 1.165) is 0 Å². The smallest absolute Gasteiger partial charge is 0.308 e. The molecule has 1 amide bonds. The molecule has 1 heterocycles. The zero-order valence-corrected chi connectivity index (χ0v) is 9.36. The van der Waals surface area contributed by atoms with E-state index < -0.39 is 17.8 Å². The van der Waals surface area contributed by atoms with Crippen LogP contribution in [0.3, 0.4) is 0 Å². The van der Waals surface area contributed by atoms with E-state index in [1.807, 2.05) is 0 Å². The minimum absolute atomic E-state index is 0.0550. The number of nitrogens with zero attached hydrogens (tertiary/aromatic N) is 1. The van der Waals surface area contributed by atoms with Crippen LogP contribution in [0.15, 0.2) is 18.3 Å². The van der Waals surface area contributed by atoms with Gasteiger partial charge in [0.05, 0.1) is 11.5 Å². The van der Waals surface area contributed by atoms with Gasteiger partial charge in [-0.15, -0.1) is 0 Å². The van der Waals surface area contributed by atoms with Crippen LogP contribution >= 0.6 is 11.6 Å². The van der Waals surface area contributed by atoms with Gasteiger partial charge in [-0.05, 0) is 12.1 Å². The summed E-state index contributed by atoms with van der Waals surface area (Å²) in [6, 6.07) is 3.11. The molecule has 0 fully saturated rings. The predicted octanol–water partition coefficient (Wildman–Crippen LogP) is 1.19. The van der Waals surface area contributed by atoms with Crippen LogP contribution in [0.5, 0.6) is 0 Å². The van der Waals surface area contributed by atoms with Gasteiger partial charge in [-0.3, -0.25) is 9.59 Å². The van der Waals surface area contributed by atoms with Crippen molar-refractivity contribution >= 4 is 23.5 Å². The number of pyridine rings is 1. The molecule has 0 radical (unpaired) electrons. The highest BCUT2D eigenvalue weighted by atomic mass is 35.5. The molecule has 1 rings (SSSR count). The lowest BCUT2D eigenvalue weighted by Crippen LogP contribution is -2.31. The Kier molecular flexibility index (Phi) is 4.25. The zero-order valence-electron chi connectivity index (χ0n) is 8.61. The maximum absolute atomic E-state index is 11.6. The maximum atomic E-state index is 11.6. The summed E-state index contributed by atoms with van der Waals surface area (Å²) in [5, 5.41) is 11.2. The molecule has 5 nitrogen and oxygen atoms in total. The Morgan fingerprint density at radius 2 is 2.31 bits per heavy atom. The lowest BCUT2D eigenvalue weighted by Gasteiger charge is -2.08. The van der Waals surface area contributed by atoms with E-state index in [4.69, 9.17) is 16.7 Å². The lowest BCUT2D eigenvalue weighted by atomic mass is 10.2. The number of nitrogens with one attached hydrogen (secondary N) is 1. The first-order valence-electron chi connectivity index (χ1n) is 4.64. The minimum atomic E-state index is -0.961. The summed E-state index contributed by atoms with van der Waals surface area (Å²) in [6.07, 6.45) is 1.47. The number of halogens is 1. The van der Waals surface area contributed by atoms with E-state index in [0.29, 0.717) is 0 Å². The van der Waals surface area contributed by atoms with Gasteiger partial charge in [0.25, 0.3) is 5.91 Å². The number of carboxylic acid groups (broad SMARTS) is 1. The van der Waals surface area contributed by atoms with Crippen molar-refractivity contribution in [1.29, 1.82) is 0 Å². The highest BCUT2D eigenvalue weighted by Crippen LogP contribution is 2.10. The van der Waals surface area contributed by atoms with Gasteiger partial charge in [0.2, 0.25) is 0 Å². The third-order valence-corrected chi connectivity index (χ3v) is 2.30. The van der Waals surface area contributed by atoms with Gasteiger partial charge in [0, 0.05) is 12.7 Å². The first-order chi connectivity index (χ1) is 7.52. The second kappa shape index (κ2) is 5.46. The third kappa shape index (κ3) is 3.20. The van der Waals surface area contributed by atoms with Gasteiger partial charge in [0.15, 0.2) is 0 Å². The van der Waals surface area contributed by atoms with Crippen LogP contribution in [0, 0.1) is 5.92 Å². The van der Waals surface area contributed by atoms with Crippen molar-refractivity contribution < 1.29 is 14.7 Å². The molecule has 2 N–H and O–H groups in total. The van der Waals surface area contributed by atoms with Crippen LogP contribution in [0.4, 0.5) is 0 Å². The van der Waals surface area contributed by atoms with E-state index in [1.165, 1.54) is 19.2 Å². The van der Waals surface area contributed by atoms with Crippen molar-refractivity contribution in [2.24, 2.45) is 5.92 Å². The Hall–Kier alpha value is -1.62. The van der Waals surface area contributed by atoms with Gasteiger partial charge in [-0.1, -0.05) is 18.5 Å². The van der Waals surface area contributed by atoms with Crippen molar-refractivity contribution in [1.82, 2.24) is 10.3 Å². The van der Waals surface area contributed by atoms with Crippen molar-refractivity contribution in [3.05, 3.63) is 29.0 Å². The van der Waals surface area contributed by atoms with Crippen molar-refractivity contribution in [3.8, 4) is 0 Å². The second-order valence-corrected chi connectivity index (χ2v) is 3.65. The molecule has 0 saturated heterocycles. The Bertz CT molecular complexity index is 409. The third-order valence-electron chi connectivity index (χ3n) is 1.99. The number of hydrogen-bond donors (Lipinski definition) is 2. The topological polar surface area (TPSA) is 79.3 Å². The van der Waals surface area contributed by atoms with Gasteiger partial charge >= 0.3 is 5.97 Å². The van der Waals surface area contributed by atoms with Crippen LogP contribution in [0.25, 0.3) is 0 Å². The molecule has 0 spiro atoms. The standard InChI is InChI=1S/C10H11ClN2O3/c1-6(10(15)16)5-13-9(14)7-3-2-4-12-8(7)11/h2-4,6H,5H2,1H3,(H,13,14)(H,15,16). The molecule has 16 heavy (non-hydrogen) atoms. The maximum Gasteiger partial charge on any atom is 0.308 e. The summed E-state index contributed by atoms with van der Waals surface area (Å²) in [4.78, 5) is 25.8. The van der Waals surface area contributed by atoms with E-state index in [9.17, 15) is 9.59 Å². The Balaban J connectivity index is 2.60. The lowest BCUT2D eigenvalue weighted by molar-refractivity contribution is -0.140.